The highest BCUT2D eigenvalue weighted by atomic mass is 35.5. The quantitative estimate of drug-likeness (QED) is 0.387. The van der Waals surface area contributed by atoms with Crippen molar-refractivity contribution in [3.05, 3.63) is 67.2 Å². The number of rotatable bonds is 4. The highest BCUT2D eigenvalue weighted by Gasteiger charge is 2.24. The van der Waals surface area contributed by atoms with E-state index in [1.54, 1.807) is 19.1 Å². The molecule has 7 nitrogen and oxygen atoms in total. The van der Waals surface area contributed by atoms with Gasteiger partial charge in [0.1, 0.15) is 0 Å². The first-order valence-electron chi connectivity index (χ1n) is 10.1. The van der Waals surface area contributed by atoms with Crippen LogP contribution in [0.5, 0.6) is 5.88 Å². The maximum Gasteiger partial charge on any atom is 0.305 e. The van der Waals surface area contributed by atoms with Crippen LogP contribution in [0.25, 0.3) is 22.0 Å². The number of carbonyl (C=O) groups excluding carboxylic acids is 1. The number of ketones is 1. The van der Waals surface area contributed by atoms with Gasteiger partial charge >= 0.3 is 4.87 Å². The Morgan fingerprint density at radius 2 is 1.88 bits per heavy atom. The van der Waals surface area contributed by atoms with E-state index >= 15 is 0 Å². The van der Waals surface area contributed by atoms with Crippen LogP contribution in [0.1, 0.15) is 20.9 Å². The molecule has 9 heteroatoms. The molecule has 0 atom stereocenters. The number of aromatic nitrogens is 2. The summed E-state index contributed by atoms with van der Waals surface area (Å²) in [6, 6.07) is 11.6. The number of hydrogen-bond acceptors (Lipinski definition) is 6. The number of anilines is 1. The number of halogens is 1. The van der Waals surface area contributed by atoms with E-state index in [2.05, 4.69) is 14.9 Å². The third-order valence-electron chi connectivity index (χ3n) is 5.68. The Hall–Kier alpha value is -3.07. The van der Waals surface area contributed by atoms with Gasteiger partial charge in [-0.05, 0) is 36.8 Å². The number of nitrogens with one attached hydrogen (secondary N) is 2. The van der Waals surface area contributed by atoms with Crippen LogP contribution in [0.15, 0.2) is 41.2 Å². The van der Waals surface area contributed by atoms with Crippen molar-refractivity contribution in [3.63, 3.8) is 0 Å². The SMILES string of the molecule is Cc1[nH]c(=O)sc1C(=O)c1c(O)[nH]c2cc(Cl)c(-c3ccc(N4CCOCC4)cc3)cc12. The number of aromatic hydroxyl groups is 1. The zero-order valence-electron chi connectivity index (χ0n) is 17.2. The first-order valence-corrected chi connectivity index (χ1v) is 11.3. The third-order valence-corrected chi connectivity index (χ3v) is 6.98. The Kier molecular flexibility index (Phi) is 5.28. The van der Waals surface area contributed by atoms with Crippen molar-refractivity contribution in [2.24, 2.45) is 0 Å². The van der Waals surface area contributed by atoms with Crippen molar-refractivity contribution < 1.29 is 14.6 Å². The highest BCUT2D eigenvalue weighted by molar-refractivity contribution is 7.11. The number of nitrogens with zero attached hydrogens (tertiary/aromatic N) is 1. The molecule has 0 unspecified atom stereocenters. The van der Waals surface area contributed by atoms with E-state index in [4.69, 9.17) is 16.3 Å². The molecule has 0 amide bonds. The van der Waals surface area contributed by atoms with E-state index in [9.17, 15) is 14.7 Å². The molecule has 164 valence electrons. The summed E-state index contributed by atoms with van der Waals surface area (Å²) < 4.78 is 5.42. The van der Waals surface area contributed by atoms with Gasteiger partial charge in [-0.15, -0.1) is 0 Å². The van der Waals surface area contributed by atoms with Gasteiger partial charge in [-0.2, -0.15) is 0 Å². The highest BCUT2D eigenvalue weighted by Crippen LogP contribution is 2.38. The second-order valence-corrected chi connectivity index (χ2v) is 9.06. The van der Waals surface area contributed by atoms with Crippen LogP contribution in [0.2, 0.25) is 5.02 Å². The predicted octanol–water partition coefficient (Wildman–Crippen LogP) is 4.32. The number of hydrogen-bond donors (Lipinski definition) is 3. The van der Waals surface area contributed by atoms with Crippen molar-refractivity contribution >= 4 is 45.3 Å². The van der Waals surface area contributed by atoms with Crippen LogP contribution in [-0.4, -0.2) is 47.2 Å². The van der Waals surface area contributed by atoms with Crippen LogP contribution in [-0.2, 0) is 4.74 Å². The Bertz CT molecular complexity index is 1380. The van der Waals surface area contributed by atoms with Gasteiger partial charge in [0.2, 0.25) is 11.7 Å². The molecular formula is C23H20ClN3O4S. The van der Waals surface area contributed by atoms with Crippen LogP contribution in [0.3, 0.4) is 0 Å². The molecule has 2 aromatic carbocycles. The molecule has 0 radical (unpaired) electrons. The number of benzene rings is 2. The summed E-state index contributed by atoms with van der Waals surface area (Å²) in [7, 11) is 0. The molecule has 0 bridgehead atoms. The lowest BCUT2D eigenvalue weighted by molar-refractivity contribution is 0.104. The first kappa shape index (κ1) is 20.8. The van der Waals surface area contributed by atoms with Crippen molar-refractivity contribution in [1.29, 1.82) is 0 Å². The van der Waals surface area contributed by atoms with Crippen LogP contribution in [0.4, 0.5) is 5.69 Å². The standard InChI is InChI=1S/C23H20ClN3O4S/c1-12-21(32-23(30)25-12)20(28)19-16-10-15(17(24)11-18(16)26-22(19)29)13-2-4-14(5-3-13)27-6-8-31-9-7-27/h2-5,10-11,26,29H,6-9H2,1H3,(H,25,30). The van der Waals surface area contributed by atoms with Crippen LogP contribution < -0.4 is 9.77 Å². The van der Waals surface area contributed by atoms with Gasteiger partial charge in [-0.3, -0.25) is 9.59 Å². The van der Waals surface area contributed by atoms with Crippen molar-refractivity contribution in [2.75, 3.05) is 31.2 Å². The molecule has 32 heavy (non-hydrogen) atoms. The number of ether oxygens (including phenoxy) is 1. The number of aryl methyl sites for hydroxylation is 1. The Morgan fingerprint density at radius 3 is 2.53 bits per heavy atom. The third kappa shape index (κ3) is 3.60. The van der Waals surface area contributed by atoms with Gasteiger partial charge in [0.05, 0.1) is 34.2 Å². The van der Waals surface area contributed by atoms with Gasteiger partial charge < -0.3 is 24.7 Å². The lowest BCUT2D eigenvalue weighted by Gasteiger charge is -2.29. The van der Waals surface area contributed by atoms with Crippen molar-refractivity contribution in [1.82, 2.24) is 9.97 Å². The molecule has 3 N–H and O–H groups in total. The predicted molar refractivity (Wildman–Crippen MR) is 127 cm³/mol. The summed E-state index contributed by atoms with van der Waals surface area (Å²) in [6.45, 7) is 4.80. The molecule has 0 spiro atoms. The number of fused-ring (bicyclic) bond motifs is 1. The second-order valence-electron chi connectivity index (χ2n) is 7.67. The number of thiazole rings is 1. The minimum absolute atomic E-state index is 0.126. The molecule has 4 aromatic rings. The molecule has 1 aliphatic heterocycles. The van der Waals surface area contributed by atoms with Gasteiger partial charge in [0.15, 0.2) is 0 Å². The molecule has 2 aromatic heterocycles. The fourth-order valence-electron chi connectivity index (χ4n) is 4.06. The molecule has 0 saturated carbocycles. The monoisotopic (exact) mass is 469 g/mol. The van der Waals surface area contributed by atoms with E-state index in [0.29, 0.717) is 34.8 Å². The van der Waals surface area contributed by atoms with Gasteiger partial charge in [-0.1, -0.05) is 35.1 Å². The fourth-order valence-corrected chi connectivity index (χ4v) is 5.12. The van der Waals surface area contributed by atoms with Gasteiger partial charge in [-0.25, -0.2) is 0 Å². The lowest BCUT2D eigenvalue weighted by atomic mass is 10.00. The largest absolute Gasteiger partial charge is 0.494 e. The molecule has 5 rings (SSSR count). The van der Waals surface area contributed by atoms with E-state index in [0.717, 1.165) is 41.2 Å². The van der Waals surface area contributed by atoms with Gasteiger partial charge in [0.25, 0.3) is 0 Å². The topological polar surface area (TPSA) is 98.4 Å². The molecule has 1 saturated heterocycles. The van der Waals surface area contributed by atoms with E-state index in [1.807, 2.05) is 24.3 Å². The van der Waals surface area contributed by atoms with Crippen molar-refractivity contribution in [2.45, 2.75) is 6.92 Å². The van der Waals surface area contributed by atoms with Gasteiger partial charge in [0, 0.05) is 35.4 Å². The molecule has 3 heterocycles. The lowest BCUT2D eigenvalue weighted by Crippen LogP contribution is -2.36. The summed E-state index contributed by atoms with van der Waals surface area (Å²) in [5.41, 5.74) is 3.91. The van der Waals surface area contributed by atoms with Crippen LogP contribution in [0, 0.1) is 6.92 Å². The zero-order chi connectivity index (χ0) is 22.4. The Labute approximate surface area is 192 Å². The number of H-pyrrole nitrogens is 2. The molecule has 0 aliphatic carbocycles. The average molecular weight is 470 g/mol. The number of carbonyl (C=O) groups is 1. The van der Waals surface area contributed by atoms with Crippen molar-refractivity contribution in [3.8, 4) is 17.0 Å². The minimum atomic E-state index is -0.412. The summed E-state index contributed by atoms with van der Waals surface area (Å²) in [4.78, 5) is 32.5. The summed E-state index contributed by atoms with van der Waals surface area (Å²) in [5, 5.41) is 11.5. The normalized spacial score (nSPS) is 14.2. The smallest absolute Gasteiger partial charge is 0.305 e. The van der Waals surface area contributed by atoms with E-state index in [-0.39, 0.29) is 21.2 Å². The average Bonchev–Trinajstić information content (AvgIpc) is 3.30. The maximum absolute atomic E-state index is 13.2. The molecular weight excluding hydrogens is 450 g/mol. The maximum atomic E-state index is 13.2. The summed E-state index contributed by atoms with van der Waals surface area (Å²) in [6.07, 6.45) is 0. The molecule has 1 aliphatic rings. The fraction of sp³-hybridized carbons (Fsp3) is 0.217. The summed E-state index contributed by atoms with van der Waals surface area (Å²) in [5.74, 6) is -0.660. The summed E-state index contributed by atoms with van der Waals surface area (Å²) >= 11 is 7.39. The Morgan fingerprint density at radius 1 is 1.16 bits per heavy atom. The second kappa shape index (κ2) is 8.12. The van der Waals surface area contributed by atoms with E-state index in [1.165, 1.54) is 0 Å². The first-order chi connectivity index (χ1) is 15.4. The minimum Gasteiger partial charge on any atom is -0.494 e. The molecule has 1 fully saturated rings. The zero-order valence-corrected chi connectivity index (χ0v) is 18.8. The Balaban J connectivity index is 1.57. The van der Waals surface area contributed by atoms with E-state index < -0.39 is 5.78 Å². The number of aromatic amines is 2. The van der Waals surface area contributed by atoms with Crippen LogP contribution >= 0.6 is 22.9 Å². The number of morpholine rings is 1.